The maximum absolute atomic E-state index is 13.0. The van der Waals surface area contributed by atoms with E-state index in [1.54, 1.807) is 12.1 Å². The number of hydrogen-bond acceptors (Lipinski definition) is 6. The van der Waals surface area contributed by atoms with Crippen molar-refractivity contribution in [2.24, 2.45) is 5.73 Å². The standard InChI is InChI=1S/C25H33N5O4S/c1-2-35(33,34)29-21(17-19-7-4-3-5-8-19)24(31)28-25(32)22-9-6-15-30(22)16-14-18-10-12-20(13-11-18)23(26)27/h3-5,7-8,10-13,21-22,29H,2,6,9,14-17H2,1H3,(H3,26,27)(H,28,31,32)/t21-,22+/m1/s1. The van der Waals surface area contributed by atoms with Crippen LogP contribution in [0.1, 0.15) is 36.5 Å². The van der Waals surface area contributed by atoms with Crippen LogP contribution in [-0.4, -0.2) is 61.9 Å². The number of benzene rings is 2. The lowest BCUT2D eigenvalue weighted by Gasteiger charge is -2.24. The van der Waals surface area contributed by atoms with E-state index in [9.17, 15) is 18.0 Å². The van der Waals surface area contributed by atoms with Gasteiger partial charge in [-0.2, -0.15) is 0 Å². The van der Waals surface area contributed by atoms with E-state index in [4.69, 9.17) is 11.1 Å². The second kappa shape index (κ2) is 12.1. The summed E-state index contributed by atoms with van der Waals surface area (Å²) in [5.41, 5.74) is 8.01. The molecule has 3 rings (SSSR count). The van der Waals surface area contributed by atoms with Crippen LogP contribution in [-0.2, 0) is 32.5 Å². The molecule has 0 unspecified atom stereocenters. The summed E-state index contributed by atoms with van der Waals surface area (Å²) in [4.78, 5) is 28.0. The first-order valence-corrected chi connectivity index (χ1v) is 13.4. The van der Waals surface area contributed by atoms with Crippen LogP contribution in [0.2, 0.25) is 0 Å². The summed E-state index contributed by atoms with van der Waals surface area (Å²) in [5.74, 6) is -1.21. The molecule has 1 heterocycles. The summed E-state index contributed by atoms with van der Waals surface area (Å²) in [6, 6.07) is 15.0. The molecular weight excluding hydrogens is 466 g/mol. The number of nitrogens with one attached hydrogen (secondary N) is 3. The Morgan fingerprint density at radius 1 is 1.11 bits per heavy atom. The lowest BCUT2D eigenvalue weighted by atomic mass is 10.1. The van der Waals surface area contributed by atoms with Gasteiger partial charge in [0.15, 0.2) is 0 Å². The molecule has 2 aromatic rings. The minimum atomic E-state index is -3.65. The van der Waals surface area contributed by atoms with Gasteiger partial charge < -0.3 is 5.73 Å². The number of amidine groups is 1. The van der Waals surface area contributed by atoms with Crippen molar-refractivity contribution < 1.29 is 18.0 Å². The van der Waals surface area contributed by atoms with Crippen molar-refractivity contribution >= 4 is 27.7 Å². The van der Waals surface area contributed by atoms with Crippen LogP contribution in [0.5, 0.6) is 0 Å². The molecule has 9 nitrogen and oxygen atoms in total. The van der Waals surface area contributed by atoms with Crippen molar-refractivity contribution in [1.29, 1.82) is 5.41 Å². The molecule has 1 aliphatic rings. The molecule has 2 atom stereocenters. The monoisotopic (exact) mass is 499 g/mol. The van der Waals surface area contributed by atoms with E-state index in [2.05, 4.69) is 10.0 Å². The van der Waals surface area contributed by atoms with Gasteiger partial charge in [0.05, 0.1) is 11.8 Å². The van der Waals surface area contributed by atoms with Gasteiger partial charge in [-0.3, -0.25) is 25.2 Å². The molecule has 5 N–H and O–H groups in total. The average Bonchev–Trinajstić information content (AvgIpc) is 3.32. The van der Waals surface area contributed by atoms with E-state index >= 15 is 0 Å². The lowest BCUT2D eigenvalue weighted by Crippen LogP contribution is -2.53. The Kier molecular flexibility index (Phi) is 9.13. The second-order valence-electron chi connectivity index (χ2n) is 8.67. The first-order valence-electron chi connectivity index (χ1n) is 11.7. The van der Waals surface area contributed by atoms with Crippen molar-refractivity contribution in [3.05, 3.63) is 71.3 Å². The van der Waals surface area contributed by atoms with E-state index in [1.165, 1.54) is 6.92 Å². The van der Waals surface area contributed by atoms with Gasteiger partial charge in [0.25, 0.3) is 0 Å². The molecule has 2 amide bonds. The smallest absolute Gasteiger partial charge is 0.245 e. The third-order valence-corrected chi connectivity index (χ3v) is 7.57. The number of carbonyl (C=O) groups excluding carboxylic acids is 2. The normalized spacial score (nSPS) is 17.1. The molecule has 1 fully saturated rings. The maximum atomic E-state index is 13.0. The summed E-state index contributed by atoms with van der Waals surface area (Å²) in [6.07, 6.45) is 2.32. The van der Waals surface area contributed by atoms with Gasteiger partial charge in [-0.25, -0.2) is 13.1 Å². The highest BCUT2D eigenvalue weighted by atomic mass is 32.2. The molecule has 0 aromatic heterocycles. The number of nitrogen functional groups attached to an aromatic ring is 1. The Hall–Kier alpha value is -3.08. The van der Waals surface area contributed by atoms with Crippen molar-refractivity contribution in [2.75, 3.05) is 18.8 Å². The molecule has 0 saturated carbocycles. The number of likely N-dealkylation sites (tertiary alicyclic amines) is 1. The lowest BCUT2D eigenvalue weighted by molar-refractivity contribution is -0.133. The van der Waals surface area contributed by atoms with Gasteiger partial charge in [-0.05, 0) is 50.3 Å². The largest absolute Gasteiger partial charge is 0.384 e. The highest BCUT2D eigenvalue weighted by molar-refractivity contribution is 7.89. The van der Waals surface area contributed by atoms with Crippen LogP contribution >= 0.6 is 0 Å². The molecule has 0 radical (unpaired) electrons. The average molecular weight is 500 g/mol. The van der Waals surface area contributed by atoms with Crippen molar-refractivity contribution in [2.45, 2.75) is 44.7 Å². The number of nitrogens with zero attached hydrogens (tertiary/aromatic N) is 1. The Labute approximate surface area is 206 Å². The third kappa shape index (κ3) is 7.71. The molecule has 1 saturated heterocycles. The SMILES string of the molecule is CCS(=O)(=O)N[C@H](Cc1ccccc1)C(=O)NC(=O)[C@@H]1CCCN1CCc1ccc(C(=N)N)cc1. The maximum Gasteiger partial charge on any atom is 0.245 e. The fraction of sp³-hybridized carbons (Fsp3) is 0.400. The van der Waals surface area contributed by atoms with Crippen LogP contribution in [0, 0.1) is 5.41 Å². The van der Waals surface area contributed by atoms with Crippen molar-refractivity contribution in [3.63, 3.8) is 0 Å². The van der Waals surface area contributed by atoms with E-state index in [-0.39, 0.29) is 18.0 Å². The number of amides is 2. The zero-order chi connectivity index (χ0) is 25.4. The zero-order valence-electron chi connectivity index (χ0n) is 19.9. The minimum absolute atomic E-state index is 0.0179. The Balaban J connectivity index is 1.62. The highest BCUT2D eigenvalue weighted by Gasteiger charge is 2.33. The highest BCUT2D eigenvalue weighted by Crippen LogP contribution is 2.18. The number of rotatable bonds is 11. The van der Waals surface area contributed by atoms with Gasteiger partial charge in [0.1, 0.15) is 11.9 Å². The molecule has 35 heavy (non-hydrogen) atoms. The molecule has 0 aliphatic carbocycles. The Morgan fingerprint density at radius 3 is 2.43 bits per heavy atom. The zero-order valence-corrected chi connectivity index (χ0v) is 20.7. The Morgan fingerprint density at radius 2 is 1.80 bits per heavy atom. The number of hydrogen-bond donors (Lipinski definition) is 4. The van der Waals surface area contributed by atoms with Crippen molar-refractivity contribution in [3.8, 4) is 0 Å². The molecule has 1 aliphatic heterocycles. The van der Waals surface area contributed by atoms with Crippen LogP contribution < -0.4 is 15.8 Å². The molecule has 188 valence electrons. The number of sulfonamides is 1. The number of nitrogens with two attached hydrogens (primary N) is 1. The molecular formula is C25H33N5O4S. The van der Waals surface area contributed by atoms with Crippen LogP contribution in [0.4, 0.5) is 0 Å². The fourth-order valence-corrected chi connectivity index (χ4v) is 4.93. The summed E-state index contributed by atoms with van der Waals surface area (Å²) in [7, 11) is -3.65. The number of imide groups is 1. The first kappa shape index (κ1) is 26.5. The molecule has 0 bridgehead atoms. The van der Waals surface area contributed by atoms with Crippen LogP contribution in [0.15, 0.2) is 54.6 Å². The van der Waals surface area contributed by atoms with E-state index in [0.29, 0.717) is 24.9 Å². The molecule has 0 spiro atoms. The minimum Gasteiger partial charge on any atom is -0.384 e. The molecule has 10 heteroatoms. The second-order valence-corrected chi connectivity index (χ2v) is 10.7. The van der Waals surface area contributed by atoms with E-state index < -0.39 is 33.9 Å². The number of carbonyl (C=O) groups is 2. The van der Waals surface area contributed by atoms with E-state index in [1.807, 2.05) is 47.4 Å². The summed E-state index contributed by atoms with van der Waals surface area (Å²) >= 11 is 0. The first-order chi connectivity index (χ1) is 16.7. The van der Waals surface area contributed by atoms with E-state index in [0.717, 1.165) is 24.1 Å². The van der Waals surface area contributed by atoms with Crippen LogP contribution in [0.25, 0.3) is 0 Å². The fourth-order valence-electron chi connectivity index (χ4n) is 4.14. The van der Waals surface area contributed by atoms with Crippen LogP contribution in [0.3, 0.4) is 0 Å². The van der Waals surface area contributed by atoms with Gasteiger partial charge in [-0.15, -0.1) is 0 Å². The third-order valence-electron chi connectivity index (χ3n) is 6.17. The predicted octanol–water partition coefficient (Wildman–Crippen LogP) is 1.17. The summed E-state index contributed by atoms with van der Waals surface area (Å²) in [6.45, 7) is 2.88. The van der Waals surface area contributed by atoms with Gasteiger partial charge in [0.2, 0.25) is 21.8 Å². The van der Waals surface area contributed by atoms with Gasteiger partial charge in [-0.1, -0.05) is 54.6 Å². The topological polar surface area (TPSA) is 145 Å². The van der Waals surface area contributed by atoms with Gasteiger partial charge in [0, 0.05) is 12.1 Å². The van der Waals surface area contributed by atoms with Crippen molar-refractivity contribution in [1.82, 2.24) is 14.9 Å². The molecule has 2 aromatic carbocycles. The van der Waals surface area contributed by atoms with Gasteiger partial charge >= 0.3 is 0 Å². The Bertz CT molecular complexity index is 1140. The predicted molar refractivity (Wildman–Crippen MR) is 135 cm³/mol. The summed E-state index contributed by atoms with van der Waals surface area (Å²) < 4.78 is 26.8. The quantitative estimate of drug-likeness (QED) is 0.270. The summed E-state index contributed by atoms with van der Waals surface area (Å²) in [5, 5.41) is 9.94.